The Morgan fingerprint density at radius 1 is 1.26 bits per heavy atom. The second kappa shape index (κ2) is 8.11. The highest BCUT2D eigenvalue weighted by molar-refractivity contribution is 5.90. The Balaban J connectivity index is 1.56. The molecule has 0 amide bonds. The maximum atomic E-state index is 13.0. The van der Waals surface area contributed by atoms with E-state index in [-0.39, 0.29) is 12.4 Å². The number of nitrogens with two attached hydrogens (primary N) is 1. The Bertz CT molecular complexity index is 824. The molecule has 0 radical (unpaired) electrons. The second-order valence-electron chi connectivity index (χ2n) is 6.30. The van der Waals surface area contributed by atoms with E-state index in [1.807, 2.05) is 4.90 Å². The number of benzene rings is 1. The molecular weight excluding hydrogens is 351 g/mol. The highest BCUT2D eigenvalue weighted by atomic mass is 19.1. The molecule has 1 aromatic carbocycles. The van der Waals surface area contributed by atoms with Crippen molar-refractivity contribution in [1.82, 2.24) is 4.90 Å². The molecule has 2 aromatic rings. The van der Waals surface area contributed by atoms with E-state index in [9.17, 15) is 9.18 Å². The third-order valence-corrected chi connectivity index (χ3v) is 4.57. The standard InChI is InChI=1S/C19H23FN4O3/c1-13-17(18(25)26-2)11-16(27-13)12-22-19(21)24-9-7-23(8-10-24)15-5-3-14(20)4-6-15/h3-6,11H,7-10,12H2,1-2H3,(H2,21,22). The van der Waals surface area contributed by atoms with Crippen LogP contribution in [0.2, 0.25) is 0 Å². The number of esters is 1. The number of carbonyl (C=O) groups excluding carboxylic acids is 1. The quantitative estimate of drug-likeness (QED) is 0.502. The molecule has 1 fully saturated rings. The number of aliphatic imine (C=N–C) groups is 1. The van der Waals surface area contributed by atoms with Crippen LogP contribution in [0.3, 0.4) is 0 Å². The Hall–Kier alpha value is -3.03. The minimum Gasteiger partial charge on any atom is -0.465 e. The summed E-state index contributed by atoms with van der Waals surface area (Å²) in [4.78, 5) is 20.2. The molecule has 144 valence electrons. The maximum absolute atomic E-state index is 13.0. The average Bonchev–Trinajstić information content (AvgIpc) is 3.07. The summed E-state index contributed by atoms with van der Waals surface area (Å²) in [5.74, 6) is 0.815. The summed E-state index contributed by atoms with van der Waals surface area (Å²) in [6.45, 7) is 4.94. The van der Waals surface area contributed by atoms with Gasteiger partial charge in [-0.15, -0.1) is 0 Å². The Morgan fingerprint density at radius 2 is 1.93 bits per heavy atom. The van der Waals surface area contributed by atoms with Crippen molar-refractivity contribution in [2.75, 3.05) is 38.2 Å². The number of guanidine groups is 1. The Labute approximate surface area is 157 Å². The first kappa shape index (κ1) is 18.8. The summed E-state index contributed by atoms with van der Waals surface area (Å²) in [6, 6.07) is 8.11. The summed E-state index contributed by atoms with van der Waals surface area (Å²) in [5, 5.41) is 0. The van der Waals surface area contributed by atoms with Gasteiger partial charge in [0.05, 0.1) is 7.11 Å². The zero-order chi connectivity index (χ0) is 19.4. The van der Waals surface area contributed by atoms with Crippen molar-refractivity contribution in [3.8, 4) is 0 Å². The largest absolute Gasteiger partial charge is 0.465 e. The lowest BCUT2D eigenvalue weighted by atomic mass is 10.2. The van der Waals surface area contributed by atoms with Crippen LogP contribution in [0.1, 0.15) is 21.9 Å². The van der Waals surface area contributed by atoms with Crippen molar-refractivity contribution >= 4 is 17.6 Å². The number of aryl methyl sites for hydroxylation is 1. The lowest BCUT2D eigenvalue weighted by Gasteiger charge is -2.36. The van der Waals surface area contributed by atoms with Crippen molar-refractivity contribution in [2.24, 2.45) is 10.7 Å². The van der Waals surface area contributed by atoms with Gasteiger partial charge in [-0.3, -0.25) is 0 Å². The number of furan rings is 1. The molecule has 0 unspecified atom stereocenters. The van der Waals surface area contributed by atoms with Crippen LogP contribution >= 0.6 is 0 Å². The van der Waals surface area contributed by atoms with Crippen LogP contribution in [0.4, 0.5) is 10.1 Å². The molecule has 7 nitrogen and oxygen atoms in total. The number of nitrogens with zero attached hydrogens (tertiary/aromatic N) is 3. The van der Waals surface area contributed by atoms with E-state index in [0.29, 0.717) is 23.0 Å². The number of hydrogen-bond acceptors (Lipinski definition) is 5. The molecule has 0 aliphatic carbocycles. The zero-order valence-corrected chi connectivity index (χ0v) is 15.4. The third kappa shape index (κ3) is 4.39. The van der Waals surface area contributed by atoms with Crippen LogP contribution in [0, 0.1) is 12.7 Å². The molecule has 0 saturated carbocycles. The molecule has 0 bridgehead atoms. The van der Waals surface area contributed by atoms with E-state index in [0.717, 1.165) is 31.9 Å². The molecule has 1 saturated heterocycles. The van der Waals surface area contributed by atoms with Gasteiger partial charge in [0.15, 0.2) is 5.96 Å². The van der Waals surface area contributed by atoms with Crippen LogP contribution in [0.5, 0.6) is 0 Å². The predicted octanol–water partition coefficient (Wildman–Crippen LogP) is 2.15. The monoisotopic (exact) mass is 374 g/mol. The van der Waals surface area contributed by atoms with E-state index in [1.54, 1.807) is 25.1 Å². The van der Waals surface area contributed by atoms with E-state index in [1.165, 1.54) is 19.2 Å². The second-order valence-corrected chi connectivity index (χ2v) is 6.30. The highest BCUT2D eigenvalue weighted by Crippen LogP contribution is 2.18. The fraction of sp³-hybridized carbons (Fsp3) is 0.368. The fourth-order valence-corrected chi connectivity index (χ4v) is 3.04. The van der Waals surface area contributed by atoms with Gasteiger partial charge < -0.3 is 24.7 Å². The molecule has 3 rings (SSSR count). The van der Waals surface area contributed by atoms with Gasteiger partial charge in [-0.25, -0.2) is 14.2 Å². The number of rotatable bonds is 4. The number of ether oxygens (including phenoxy) is 1. The highest BCUT2D eigenvalue weighted by Gasteiger charge is 2.19. The van der Waals surface area contributed by atoms with Crippen molar-refractivity contribution in [3.63, 3.8) is 0 Å². The van der Waals surface area contributed by atoms with Gasteiger partial charge >= 0.3 is 5.97 Å². The first-order chi connectivity index (χ1) is 13.0. The molecule has 1 aliphatic rings. The van der Waals surface area contributed by atoms with Gasteiger partial charge in [0, 0.05) is 31.9 Å². The van der Waals surface area contributed by atoms with E-state index in [2.05, 4.69) is 9.89 Å². The molecule has 0 spiro atoms. The lowest BCUT2D eigenvalue weighted by molar-refractivity contribution is 0.0599. The zero-order valence-electron chi connectivity index (χ0n) is 15.4. The maximum Gasteiger partial charge on any atom is 0.341 e. The molecule has 27 heavy (non-hydrogen) atoms. The predicted molar refractivity (Wildman–Crippen MR) is 100 cm³/mol. The Morgan fingerprint density at radius 3 is 2.56 bits per heavy atom. The van der Waals surface area contributed by atoms with Gasteiger partial charge in [0.25, 0.3) is 0 Å². The van der Waals surface area contributed by atoms with Gasteiger partial charge in [0.2, 0.25) is 0 Å². The van der Waals surface area contributed by atoms with Crippen LogP contribution in [-0.2, 0) is 11.3 Å². The van der Waals surface area contributed by atoms with Gasteiger partial charge in [-0.05, 0) is 37.3 Å². The topological polar surface area (TPSA) is 84.3 Å². The molecule has 2 N–H and O–H groups in total. The molecular formula is C19H23FN4O3. The SMILES string of the molecule is COC(=O)c1cc(CN=C(N)N2CCN(c3ccc(F)cc3)CC2)oc1C. The molecule has 8 heteroatoms. The molecule has 1 aliphatic heterocycles. The summed E-state index contributed by atoms with van der Waals surface area (Å²) in [7, 11) is 1.33. The third-order valence-electron chi connectivity index (χ3n) is 4.57. The summed E-state index contributed by atoms with van der Waals surface area (Å²) >= 11 is 0. The number of carbonyl (C=O) groups is 1. The van der Waals surface area contributed by atoms with Crippen LogP contribution in [0.15, 0.2) is 39.7 Å². The van der Waals surface area contributed by atoms with Crippen molar-refractivity contribution in [2.45, 2.75) is 13.5 Å². The minimum absolute atomic E-state index is 0.239. The number of methoxy groups -OCH3 is 1. The minimum atomic E-state index is -0.434. The van der Waals surface area contributed by atoms with E-state index >= 15 is 0 Å². The first-order valence-corrected chi connectivity index (χ1v) is 8.71. The molecule has 2 heterocycles. The fourth-order valence-electron chi connectivity index (χ4n) is 3.04. The lowest BCUT2D eigenvalue weighted by Crippen LogP contribution is -2.51. The average molecular weight is 374 g/mol. The van der Waals surface area contributed by atoms with Gasteiger partial charge in [-0.2, -0.15) is 0 Å². The van der Waals surface area contributed by atoms with Gasteiger partial charge in [0.1, 0.15) is 29.4 Å². The van der Waals surface area contributed by atoms with Gasteiger partial charge in [-0.1, -0.05) is 0 Å². The van der Waals surface area contributed by atoms with E-state index in [4.69, 9.17) is 14.9 Å². The number of piperazine rings is 1. The number of hydrogen-bond donors (Lipinski definition) is 1. The molecule has 0 atom stereocenters. The van der Waals surface area contributed by atoms with Crippen LogP contribution in [-0.4, -0.2) is 50.1 Å². The van der Waals surface area contributed by atoms with Crippen molar-refractivity contribution in [1.29, 1.82) is 0 Å². The smallest absolute Gasteiger partial charge is 0.341 e. The normalized spacial score (nSPS) is 15.1. The van der Waals surface area contributed by atoms with E-state index < -0.39 is 5.97 Å². The summed E-state index contributed by atoms with van der Waals surface area (Å²) < 4.78 is 23.3. The van der Waals surface area contributed by atoms with Crippen molar-refractivity contribution in [3.05, 3.63) is 53.2 Å². The van der Waals surface area contributed by atoms with Crippen LogP contribution < -0.4 is 10.6 Å². The summed E-state index contributed by atoms with van der Waals surface area (Å²) in [5.41, 5.74) is 7.50. The number of halogens is 1. The Kier molecular flexibility index (Phi) is 5.63. The number of anilines is 1. The van der Waals surface area contributed by atoms with Crippen molar-refractivity contribution < 1.29 is 18.3 Å². The van der Waals surface area contributed by atoms with Crippen LogP contribution in [0.25, 0.3) is 0 Å². The summed E-state index contributed by atoms with van der Waals surface area (Å²) in [6.07, 6.45) is 0. The molecule has 1 aromatic heterocycles. The first-order valence-electron chi connectivity index (χ1n) is 8.71.